The van der Waals surface area contributed by atoms with Crippen LogP contribution in [0.15, 0.2) is 46.8 Å². The van der Waals surface area contributed by atoms with Gasteiger partial charge >= 0.3 is 5.97 Å². The first-order chi connectivity index (χ1) is 12.2. The molecule has 6 heteroatoms. The number of rotatable bonds is 4. The molecule has 0 amide bonds. The minimum atomic E-state index is -0.369. The number of carbonyl (C=O) groups excluding carboxylic acids is 1. The van der Waals surface area contributed by atoms with Crippen molar-refractivity contribution in [3.63, 3.8) is 0 Å². The van der Waals surface area contributed by atoms with E-state index in [0.29, 0.717) is 10.2 Å². The summed E-state index contributed by atoms with van der Waals surface area (Å²) in [6, 6.07) is 9.74. The van der Waals surface area contributed by atoms with Crippen molar-refractivity contribution in [1.82, 2.24) is 9.55 Å². The summed E-state index contributed by atoms with van der Waals surface area (Å²) >= 11 is 1.44. The zero-order valence-electron chi connectivity index (χ0n) is 13.7. The summed E-state index contributed by atoms with van der Waals surface area (Å²) in [5.74, 6) is -0.369. The maximum Gasteiger partial charge on any atom is 0.326 e. The summed E-state index contributed by atoms with van der Waals surface area (Å²) in [5, 5.41) is 2.50. The summed E-state index contributed by atoms with van der Waals surface area (Å²) in [6.45, 7) is -0.0949. The molecule has 2 heterocycles. The second-order valence-electron chi connectivity index (χ2n) is 6.27. The smallest absolute Gasteiger partial charge is 0.326 e. The van der Waals surface area contributed by atoms with Gasteiger partial charge in [0.2, 0.25) is 0 Å². The number of esters is 1. The van der Waals surface area contributed by atoms with Gasteiger partial charge in [-0.3, -0.25) is 14.2 Å². The Kier molecular flexibility index (Phi) is 4.36. The Morgan fingerprint density at radius 3 is 2.76 bits per heavy atom. The van der Waals surface area contributed by atoms with Gasteiger partial charge in [0.1, 0.15) is 17.5 Å². The molecule has 0 N–H and O–H groups in total. The Balaban J connectivity index is 1.65. The van der Waals surface area contributed by atoms with Crippen molar-refractivity contribution >= 4 is 27.5 Å². The van der Waals surface area contributed by atoms with Crippen LogP contribution in [0.5, 0.6) is 0 Å². The van der Waals surface area contributed by atoms with E-state index in [9.17, 15) is 9.59 Å². The molecule has 0 atom stereocenters. The highest BCUT2D eigenvalue weighted by Gasteiger charge is 2.20. The van der Waals surface area contributed by atoms with E-state index < -0.39 is 0 Å². The van der Waals surface area contributed by atoms with Crippen LogP contribution in [-0.4, -0.2) is 21.6 Å². The fraction of sp³-hybridized carbons (Fsp3) is 0.316. The van der Waals surface area contributed by atoms with Crippen LogP contribution < -0.4 is 5.56 Å². The number of thiophene rings is 1. The van der Waals surface area contributed by atoms with Crippen molar-refractivity contribution in [2.24, 2.45) is 0 Å². The predicted octanol–water partition coefficient (Wildman–Crippen LogP) is 3.61. The molecule has 0 radical (unpaired) electrons. The highest BCUT2D eigenvalue weighted by atomic mass is 32.1. The Labute approximate surface area is 148 Å². The molecule has 25 heavy (non-hydrogen) atoms. The molecule has 0 unspecified atom stereocenters. The van der Waals surface area contributed by atoms with Gasteiger partial charge in [0.05, 0.1) is 11.7 Å². The standard InChI is InChI=1S/C19H18N2O3S/c22-16(24-14-8-4-5-9-14)10-21-12-20-18-17(19(21)23)15(11-25-18)13-6-2-1-3-7-13/h1-3,6-7,11-12,14H,4-5,8-10H2. The molecule has 0 bridgehead atoms. The lowest BCUT2D eigenvalue weighted by Gasteiger charge is -2.12. The lowest BCUT2D eigenvalue weighted by atomic mass is 10.1. The molecule has 3 aromatic rings. The molecule has 1 saturated carbocycles. The highest BCUT2D eigenvalue weighted by Crippen LogP contribution is 2.30. The Hall–Kier alpha value is -2.47. The first-order valence-corrected chi connectivity index (χ1v) is 9.32. The van der Waals surface area contributed by atoms with E-state index >= 15 is 0 Å². The maximum atomic E-state index is 12.9. The van der Waals surface area contributed by atoms with E-state index in [0.717, 1.165) is 36.8 Å². The van der Waals surface area contributed by atoms with E-state index in [4.69, 9.17) is 4.74 Å². The van der Waals surface area contributed by atoms with Crippen molar-refractivity contribution in [3.05, 3.63) is 52.4 Å². The topological polar surface area (TPSA) is 61.2 Å². The first kappa shape index (κ1) is 16.0. The second-order valence-corrected chi connectivity index (χ2v) is 7.13. The number of hydrogen-bond acceptors (Lipinski definition) is 5. The normalized spacial score (nSPS) is 14.9. The first-order valence-electron chi connectivity index (χ1n) is 8.44. The van der Waals surface area contributed by atoms with Crippen LogP contribution in [0.1, 0.15) is 25.7 Å². The van der Waals surface area contributed by atoms with Gasteiger partial charge in [-0.05, 0) is 31.2 Å². The number of benzene rings is 1. The highest BCUT2D eigenvalue weighted by molar-refractivity contribution is 7.17. The number of hydrogen-bond donors (Lipinski definition) is 0. The summed E-state index contributed by atoms with van der Waals surface area (Å²) in [6.07, 6.45) is 5.47. The van der Waals surface area contributed by atoms with Gasteiger partial charge < -0.3 is 4.74 Å². The van der Waals surface area contributed by atoms with Gasteiger partial charge in [-0.2, -0.15) is 0 Å². The molecule has 0 spiro atoms. The number of nitrogens with zero attached hydrogens (tertiary/aromatic N) is 2. The molecule has 128 valence electrons. The van der Waals surface area contributed by atoms with Crippen molar-refractivity contribution in [2.45, 2.75) is 38.3 Å². The Morgan fingerprint density at radius 2 is 2.00 bits per heavy atom. The lowest BCUT2D eigenvalue weighted by Crippen LogP contribution is -2.27. The quantitative estimate of drug-likeness (QED) is 0.672. The largest absolute Gasteiger partial charge is 0.461 e. The van der Waals surface area contributed by atoms with Gasteiger partial charge in [-0.15, -0.1) is 11.3 Å². The molecule has 1 aromatic carbocycles. The third-order valence-electron chi connectivity index (χ3n) is 4.55. The zero-order valence-corrected chi connectivity index (χ0v) is 14.5. The molecule has 5 nitrogen and oxygen atoms in total. The van der Waals surface area contributed by atoms with Crippen LogP contribution in [0.3, 0.4) is 0 Å². The minimum Gasteiger partial charge on any atom is -0.461 e. The number of aromatic nitrogens is 2. The van der Waals surface area contributed by atoms with Crippen molar-refractivity contribution < 1.29 is 9.53 Å². The molecule has 0 aliphatic heterocycles. The van der Waals surface area contributed by atoms with Crippen LogP contribution in [-0.2, 0) is 16.1 Å². The maximum absolute atomic E-state index is 12.9. The van der Waals surface area contributed by atoms with Crippen molar-refractivity contribution in [1.29, 1.82) is 0 Å². The summed E-state index contributed by atoms with van der Waals surface area (Å²) in [5.41, 5.74) is 1.63. The van der Waals surface area contributed by atoms with Crippen LogP contribution in [0, 0.1) is 0 Å². The van der Waals surface area contributed by atoms with Crippen LogP contribution in [0.4, 0.5) is 0 Å². The third-order valence-corrected chi connectivity index (χ3v) is 5.43. The third kappa shape index (κ3) is 3.22. The SMILES string of the molecule is O=C(Cn1cnc2scc(-c3ccccc3)c2c1=O)OC1CCCC1. The molecule has 2 aromatic heterocycles. The molecule has 1 fully saturated rings. The van der Waals surface area contributed by atoms with Crippen molar-refractivity contribution in [2.75, 3.05) is 0 Å². The number of ether oxygens (including phenoxy) is 1. The van der Waals surface area contributed by atoms with Gasteiger partial charge in [-0.1, -0.05) is 30.3 Å². The molecule has 1 aliphatic rings. The van der Waals surface area contributed by atoms with Crippen molar-refractivity contribution in [3.8, 4) is 11.1 Å². The number of fused-ring (bicyclic) bond motifs is 1. The summed E-state index contributed by atoms with van der Waals surface area (Å²) < 4.78 is 6.80. The predicted molar refractivity (Wildman–Crippen MR) is 97.7 cm³/mol. The Bertz CT molecular complexity index is 956. The molecule has 4 rings (SSSR count). The van der Waals surface area contributed by atoms with Crippen LogP contribution in [0.2, 0.25) is 0 Å². The Morgan fingerprint density at radius 1 is 1.24 bits per heavy atom. The summed E-state index contributed by atoms with van der Waals surface area (Å²) in [7, 11) is 0. The lowest BCUT2D eigenvalue weighted by molar-refractivity contribution is -0.149. The zero-order chi connectivity index (χ0) is 17.2. The fourth-order valence-electron chi connectivity index (χ4n) is 3.28. The summed E-state index contributed by atoms with van der Waals surface area (Å²) in [4.78, 5) is 30.1. The molecule has 0 saturated heterocycles. The molecular weight excluding hydrogens is 336 g/mol. The van der Waals surface area contributed by atoms with Gasteiger partial charge in [0.15, 0.2) is 0 Å². The van der Waals surface area contributed by atoms with E-state index in [1.165, 1.54) is 22.2 Å². The molecule has 1 aliphatic carbocycles. The average molecular weight is 354 g/mol. The molecular formula is C19H18N2O3S. The van der Waals surface area contributed by atoms with E-state index in [1.54, 1.807) is 0 Å². The van der Waals surface area contributed by atoms with Crippen LogP contribution in [0.25, 0.3) is 21.3 Å². The fourth-order valence-corrected chi connectivity index (χ4v) is 4.19. The minimum absolute atomic E-state index is 0.000851. The van der Waals surface area contributed by atoms with E-state index in [1.807, 2.05) is 35.7 Å². The van der Waals surface area contributed by atoms with E-state index in [2.05, 4.69) is 4.98 Å². The van der Waals surface area contributed by atoms with Gasteiger partial charge in [0, 0.05) is 10.9 Å². The van der Waals surface area contributed by atoms with Gasteiger partial charge in [0.25, 0.3) is 5.56 Å². The number of carbonyl (C=O) groups is 1. The van der Waals surface area contributed by atoms with Gasteiger partial charge in [-0.25, -0.2) is 4.98 Å². The monoisotopic (exact) mass is 354 g/mol. The van der Waals surface area contributed by atoms with Crippen LogP contribution >= 0.6 is 11.3 Å². The van der Waals surface area contributed by atoms with E-state index in [-0.39, 0.29) is 24.2 Å². The second kappa shape index (κ2) is 6.80. The average Bonchev–Trinajstić information content (AvgIpc) is 3.28.